The van der Waals surface area contributed by atoms with Gasteiger partial charge < -0.3 is 5.32 Å². The summed E-state index contributed by atoms with van der Waals surface area (Å²) in [5.41, 5.74) is 4.22. The molecule has 1 aliphatic rings. The molecule has 0 aliphatic carbocycles. The van der Waals surface area contributed by atoms with Crippen molar-refractivity contribution in [3.8, 4) is 0 Å². The fraction of sp³-hybridized carbons (Fsp3) is 0.500. The van der Waals surface area contributed by atoms with Crippen LogP contribution in [0.1, 0.15) is 33.1 Å². The normalized spacial score (nSPS) is 24.0. The molecule has 0 spiro atoms. The van der Waals surface area contributed by atoms with Crippen LogP contribution in [0, 0.1) is 0 Å². The van der Waals surface area contributed by atoms with E-state index >= 15 is 0 Å². The maximum atomic E-state index is 3.75. The van der Waals surface area contributed by atoms with Crippen LogP contribution in [0.4, 0.5) is 0 Å². The SMILES string of the molecule is C=C/C=C1/CCCNC1=C(C)CC. The molecule has 1 heteroatoms. The third-order valence-corrected chi connectivity index (χ3v) is 2.52. The molecule has 0 radical (unpaired) electrons. The molecule has 1 N–H and O–H groups in total. The lowest BCUT2D eigenvalue weighted by Crippen LogP contribution is -2.23. The van der Waals surface area contributed by atoms with Crippen molar-refractivity contribution >= 4 is 0 Å². The van der Waals surface area contributed by atoms with Gasteiger partial charge in [-0.25, -0.2) is 0 Å². The quantitative estimate of drug-likeness (QED) is 0.683. The van der Waals surface area contributed by atoms with E-state index in [-0.39, 0.29) is 0 Å². The van der Waals surface area contributed by atoms with Crippen molar-refractivity contribution in [2.24, 2.45) is 0 Å². The van der Waals surface area contributed by atoms with Gasteiger partial charge in [-0.05, 0) is 31.8 Å². The fourth-order valence-corrected chi connectivity index (χ4v) is 1.64. The maximum absolute atomic E-state index is 3.75. The second-order valence-corrected chi connectivity index (χ2v) is 3.47. The Morgan fingerprint density at radius 2 is 2.38 bits per heavy atom. The monoisotopic (exact) mass is 177 g/mol. The van der Waals surface area contributed by atoms with E-state index in [2.05, 4.69) is 31.8 Å². The molecule has 1 aliphatic heterocycles. The lowest BCUT2D eigenvalue weighted by molar-refractivity contribution is 0.659. The average Bonchev–Trinajstić information content (AvgIpc) is 2.18. The van der Waals surface area contributed by atoms with Crippen LogP contribution in [0.3, 0.4) is 0 Å². The third kappa shape index (κ3) is 2.48. The van der Waals surface area contributed by atoms with E-state index in [9.17, 15) is 0 Å². The van der Waals surface area contributed by atoms with Gasteiger partial charge in [0.05, 0.1) is 0 Å². The average molecular weight is 177 g/mol. The summed E-state index contributed by atoms with van der Waals surface area (Å²) in [4.78, 5) is 0. The van der Waals surface area contributed by atoms with Gasteiger partial charge in [0.25, 0.3) is 0 Å². The highest BCUT2D eigenvalue weighted by molar-refractivity contribution is 5.36. The van der Waals surface area contributed by atoms with E-state index in [1.807, 2.05) is 6.08 Å². The van der Waals surface area contributed by atoms with Crippen molar-refractivity contribution in [2.75, 3.05) is 6.54 Å². The van der Waals surface area contributed by atoms with E-state index in [4.69, 9.17) is 0 Å². The minimum absolute atomic E-state index is 1.11. The Hall–Kier alpha value is -0.980. The van der Waals surface area contributed by atoms with Gasteiger partial charge >= 0.3 is 0 Å². The lowest BCUT2D eigenvalue weighted by atomic mass is 9.97. The summed E-state index contributed by atoms with van der Waals surface area (Å²) in [6.45, 7) is 9.26. The van der Waals surface area contributed by atoms with Crippen molar-refractivity contribution in [1.82, 2.24) is 5.32 Å². The zero-order valence-corrected chi connectivity index (χ0v) is 8.69. The Labute approximate surface area is 81.2 Å². The number of nitrogens with one attached hydrogen (secondary N) is 1. The molecule has 1 saturated heterocycles. The van der Waals surface area contributed by atoms with Crippen LogP contribution in [0.15, 0.2) is 35.6 Å². The molecule has 1 rings (SSSR count). The summed E-state index contributed by atoms with van der Waals surface area (Å²) in [6, 6.07) is 0. The van der Waals surface area contributed by atoms with Gasteiger partial charge in [0.2, 0.25) is 0 Å². The van der Waals surface area contributed by atoms with Crippen LogP contribution in [-0.2, 0) is 0 Å². The first-order valence-corrected chi connectivity index (χ1v) is 5.05. The highest BCUT2D eigenvalue weighted by Gasteiger charge is 2.11. The van der Waals surface area contributed by atoms with Crippen LogP contribution >= 0.6 is 0 Å². The Kier molecular flexibility index (Phi) is 3.81. The van der Waals surface area contributed by atoms with Crippen molar-refractivity contribution in [1.29, 1.82) is 0 Å². The molecule has 1 fully saturated rings. The minimum atomic E-state index is 1.11. The minimum Gasteiger partial charge on any atom is -0.385 e. The Balaban J connectivity index is 2.91. The fourth-order valence-electron chi connectivity index (χ4n) is 1.64. The number of rotatable bonds is 2. The molecule has 0 amide bonds. The summed E-state index contributed by atoms with van der Waals surface area (Å²) in [5.74, 6) is 0. The largest absolute Gasteiger partial charge is 0.385 e. The smallest absolute Gasteiger partial charge is 0.0361 e. The topological polar surface area (TPSA) is 12.0 Å². The Bertz CT molecular complexity index is 246. The molecule has 1 heterocycles. The van der Waals surface area contributed by atoms with Crippen LogP contribution in [0.5, 0.6) is 0 Å². The van der Waals surface area contributed by atoms with Gasteiger partial charge in [0.15, 0.2) is 0 Å². The van der Waals surface area contributed by atoms with Crippen LogP contribution in [0.2, 0.25) is 0 Å². The molecule has 0 aromatic heterocycles. The zero-order valence-electron chi connectivity index (χ0n) is 8.69. The molecule has 72 valence electrons. The van der Waals surface area contributed by atoms with E-state index < -0.39 is 0 Å². The highest BCUT2D eigenvalue weighted by atomic mass is 14.9. The van der Waals surface area contributed by atoms with E-state index in [1.54, 1.807) is 0 Å². The molecule has 0 aromatic carbocycles. The van der Waals surface area contributed by atoms with E-state index in [0.717, 1.165) is 13.0 Å². The van der Waals surface area contributed by atoms with Crippen LogP contribution in [-0.4, -0.2) is 6.54 Å². The summed E-state index contributed by atoms with van der Waals surface area (Å²) in [7, 11) is 0. The first kappa shape index (κ1) is 10.1. The van der Waals surface area contributed by atoms with E-state index in [0.29, 0.717) is 0 Å². The Morgan fingerprint density at radius 1 is 1.62 bits per heavy atom. The van der Waals surface area contributed by atoms with Crippen molar-refractivity contribution in [2.45, 2.75) is 33.1 Å². The van der Waals surface area contributed by atoms with Crippen LogP contribution < -0.4 is 5.32 Å². The second kappa shape index (κ2) is 4.90. The molecule has 0 aromatic rings. The van der Waals surface area contributed by atoms with Gasteiger partial charge in [-0.3, -0.25) is 0 Å². The first-order valence-electron chi connectivity index (χ1n) is 5.05. The highest BCUT2D eigenvalue weighted by Crippen LogP contribution is 2.22. The molecule has 0 bridgehead atoms. The molecular weight excluding hydrogens is 158 g/mol. The van der Waals surface area contributed by atoms with Crippen molar-refractivity contribution in [3.05, 3.63) is 35.6 Å². The van der Waals surface area contributed by atoms with Gasteiger partial charge in [-0.15, -0.1) is 0 Å². The van der Waals surface area contributed by atoms with Gasteiger partial charge in [0, 0.05) is 12.2 Å². The standard InChI is InChI=1S/C12H19N/c1-4-7-11-8-6-9-13-12(11)10(3)5-2/h4,7,13H,1,5-6,8-9H2,2-3H3/b11-7-,12-10?. The van der Waals surface area contributed by atoms with E-state index in [1.165, 1.54) is 29.7 Å². The zero-order chi connectivity index (χ0) is 9.68. The summed E-state index contributed by atoms with van der Waals surface area (Å²) in [5, 5.41) is 3.47. The molecular formula is C12H19N. The predicted octanol–water partition coefficient (Wildman–Crippen LogP) is 3.17. The molecule has 0 saturated carbocycles. The van der Waals surface area contributed by atoms with Crippen molar-refractivity contribution < 1.29 is 0 Å². The molecule has 0 unspecified atom stereocenters. The second-order valence-electron chi connectivity index (χ2n) is 3.47. The maximum Gasteiger partial charge on any atom is 0.0361 e. The summed E-state index contributed by atoms with van der Waals surface area (Å²) < 4.78 is 0. The molecule has 1 nitrogen and oxygen atoms in total. The summed E-state index contributed by atoms with van der Waals surface area (Å²) >= 11 is 0. The molecule has 13 heavy (non-hydrogen) atoms. The lowest BCUT2D eigenvalue weighted by Gasteiger charge is -2.22. The number of piperidine rings is 1. The van der Waals surface area contributed by atoms with Gasteiger partial charge in [-0.1, -0.05) is 31.2 Å². The number of hydrogen-bond acceptors (Lipinski definition) is 1. The summed E-state index contributed by atoms with van der Waals surface area (Å²) in [6.07, 6.45) is 7.55. The van der Waals surface area contributed by atoms with Gasteiger partial charge in [0.1, 0.15) is 0 Å². The Morgan fingerprint density at radius 3 is 3.00 bits per heavy atom. The van der Waals surface area contributed by atoms with Crippen molar-refractivity contribution in [3.63, 3.8) is 0 Å². The number of hydrogen-bond donors (Lipinski definition) is 1. The third-order valence-electron chi connectivity index (χ3n) is 2.52. The molecule has 0 atom stereocenters. The number of allylic oxidation sites excluding steroid dienone is 4. The predicted molar refractivity (Wildman–Crippen MR) is 58.5 cm³/mol. The van der Waals surface area contributed by atoms with Crippen LogP contribution in [0.25, 0.3) is 0 Å². The van der Waals surface area contributed by atoms with Gasteiger partial charge in [-0.2, -0.15) is 0 Å². The first-order chi connectivity index (χ1) is 6.29.